The van der Waals surface area contributed by atoms with Crippen LogP contribution in [0.5, 0.6) is 0 Å². The molecule has 1 aromatic rings. The highest BCUT2D eigenvalue weighted by molar-refractivity contribution is 8.01. The summed E-state index contributed by atoms with van der Waals surface area (Å²) in [6.07, 6.45) is 0. The maximum Gasteiger partial charge on any atom is 0.233 e. The molecule has 8 nitrogen and oxygen atoms in total. The van der Waals surface area contributed by atoms with Gasteiger partial charge in [-0.05, 0) is 0 Å². The van der Waals surface area contributed by atoms with Gasteiger partial charge in [0.25, 0.3) is 0 Å². The van der Waals surface area contributed by atoms with Crippen molar-refractivity contribution in [2.75, 3.05) is 53.4 Å². The fourth-order valence-corrected chi connectivity index (χ4v) is 4.96. The molecule has 2 rings (SSSR count). The molecule has 2 N–H and O–H groups in total. The van der Waals surface area contributed by atoms with Crippen LogP contribution in [-0.2, 0) is 9.84 Å². The van der Waals surface area contributed by atoms with Crippen molar-refractivity contribution in [3.63, 3.8) is 0 Å². The predicted molar refractivity (Wildman–Crippen MR) is 86.5 cm³/mol. The Morgan fingerprint density at radius 3 is 2.71 bits per heavy atom. The molecule has 0 bridgehead atoms. The third-order valence-electron chi connectivity index (χ3n) is 3.19. The highest BCUT2D eigenvalue weighted by Gasteiger charge is 2.34. The fourth-order valence-electron chi connectivity index (χ4n) is 2.00. The zero-order valence-electron chi connectivity index (χ0n) is 12.4. The van der Waals surface area contributed by atoms with E-state index in [1.54, 1.807) is 42.6 Å². The van der Waals surface area contributed by atoms with Crippen LogP contribution in [0.3, 0.4) is 0 Å². The van der Waals surface area contributed by atoms with Crippen LogP contribution >= 0.6 is 11.8 Å². The van der Waals surface area contributed by atoms with Crippen molar-refractivity contribution in [1.82, 2.24) is 15.0 Å². The van der Waals surface area contributed by atoms with Crippen LogP contribution in [0.25, 0.3) is 0 Å². The van der Waals surface area contributed by atoms with E-state index in [1.165, 1.54) is 0 Å². The van der Waals surface area contributed by atoms with Gasteiger partial charge in [-0.15, -0.1) is 0 Å². The smallest absolute Gasteiger partial charge is 0.233 e. The summed E-state index contributed by atoms with van der Waals surface area (Å²) in [5.74, 6) is 2.28. The molecule has 1 fully saturated rings. The van der Waals surface area contributed by atoms with Crippen molar-refractivity contribution in [2.24, 2.45) is 0 Å². The maximum atomic E-state index is 12.3. The molecule has 1 unspecified atom stereocenters. The van der Waals surface area contributed by atoms with E-state index >= 15 is 0 Å². The van der Waals surface area contributed by atoms with Crippen LogP contribution in [0.4, 0.5) is 17.8 Å². The number of sulfone groups is 1. The third kappa shape index (κ3) is 3.49. The number of nitrogen functional groups attached to an aromatic ring is 1. The van der Waals surface area contributed by atoms with Crippen molar-refractivity contribution in [1.29, 1.82) is 0 Å². The molecule has 1 aromatic heterocycles. The zero-order valence-corrected chi connectivity index (χ0v) is 14.0. The third-order valence-corrected chi connectivity index (χ3v) is 6.48. The second kappa shape index (κ2) is 6.22. The lowest BCUT2D eigenvalue weighted by atomic mass is 10.5. The van der Waals surface area contributed by atoms with Gasteiger partial charge in [0.05, 0.1) is 0 Å². The van der Waals surface area contributed by atoms with E-state index in [9.17, 15) is 8.42 Å². The summed E-state index contributed by atoms with van der Waals surface area (Å²) in [7, 11) is 0.379. The Morgan fingerprint density at radius 2 is 2.10 bits per heavy atom. The molecule has 0 aliphatic carbocycles. The van der Waals surface area contributed by atoms with Crippen molar-refractivity contribution < 1.29 is 8.42 Å². The van der Waals surface area contributed by atoms with E-state index in [0.717, 1.165) is 5.75 Å². The van der Waals surface area contributed by atoms with Crippen molar-refractivity contribution in [3.05, 3.63) is 0 Å². The minimum atomic E-state index is -3.21. The lowest BCUT2D eigenvalue weighted by molar-refractivity contribution is 0.577. The van der Waals surface area contributed by atoms with Gasteiger partial charge in [-0.25, -0.2) is 8.42 Å². The van der Waals surface area contributed by atoms with Gasteiger partial charge in [0.15, 0.2) is 9.84 Å². The van der Waals surface area contributed by atoms with Crippen LogP contribution in [0, 0.1) is 0 Å². The first kappa shape index (κ1) is 16.1. The maximum absolute atomic E-state index is 12.3. The molecular weight excluding hydrogens is 312 g/mol. The molecule has 0 radical (unpaired) electrons. The Balaban J connectivity index is 2.42. The number of thioether (sulfide) groups is 1. The van der Waals surface area contributed by atoms with E-state index in [2.05, 4.69) is 15.0 Å². The van der Waals surface area contributed by atoms with Gasteiger partial charge in [0.2, 0.25) is 17.8 Å². The molecule has 0 spiro atoms. The molecule has 0 aromatic carbocycles. The Kier molecular flexibility index (Phi) is 4.77. The topological polar surface area (TPSA) is 105 Å². The number of nitrogens with zero attached hydrogens (tertiary/aromatic N) is 5. The van der Waals surface area contributed by atoms with Crippen LogP contribution in [0.2, 0.25) is 0 Å². The molecular formula is C11H20N6O2S2. The Morgan fingerprint density at radius 1 is 1.38 bits per heavy atom. The van der Waals surface area contributed by atoms with Crippen molar-refractivity contribution in [2.45, 2.75) is 12.3 Å². The fraction of sp³-hybridized carbons (Fsp3) is 0.727. The van der Waals surface area contributed by atoms with E-state index in [-0.39, 0.29) is 11.7 Å². The average Bonchev–Trinajstić information content (AvgIpc) is 2.46. The average molecular weight is 332 g/mol. The van der Waals surface area contributed by atoms with Gasteiger partial charge in [0.1, 0.15) is 5.37 Å². The number of aromatic nitrogens is 3. The van der Waals surface area contributed by atoms with Crippen LogP contribution in [-0.4, -0.2) is 66.6 Å². The number of rotatable bonds is 4. The first-order valence-corrected chi connectivity index (χ1v) is 9.47. The quantitative estimate of drug-likeness (QED) is 0.804. The Bertz CT molecular complexity index is 607. The highest BCUT2D eigenvalue weighted by Crippen LogP contribution is 2.26. The normalized spacial score (nSPS) is 19.6. The molecule has 1 atom stereocenters. The lowest BCUT2D eigenvalue weighted by Crippen LogP contribution is -2.48. The summed E-state index contributed by atoms with van der Waals surface area (Å²) < 4.78 is 24.5. The monoisotopic (exact) mass is 332 g/mol. The molecule has 1 aliphatic rings. The van der Waals surface area contributed by atoms with Crippen LogP contribution < -0.4 is 15.5 Å². The number of hydrogen-bond acceptors (Lipinski definition) is 9. The lowest BCUT2D eigenvalue weighted by Gasteiger charge is -2.34. The zero-order chi connectivity index (χ0) is 15.6. The van der Waals surface area contributed by atoms with Gasteiger partial charge < -0.3 is 15.5 Å². The van der Waals surface area contributed by atoms with Gasteiger partial charge in [-0.2, -0.15) is 26.7 Å². The second-order valence-electron chi connectivity index (χ2n) is 4.86. The van der Waals surface area contributed by atoms with E-state index in [4.69, 9.17) is 5.73 Å². The molecule has 0 amide bonds. The molecule has 21 heavy (non-hydrogen) atoms. The first-order valence-electron chi connectivity index (χ1n) is 6.60. The van der Waals surface area contributed by atoms with Gasteiger partial charge in [-0.3, -0.25) is 0 Å². The summed E-state index contributed by atoms with van der Waals surface area (Å²) in [6.45, 7) is 2.23. The minimum absolute atomic E-state index is 0.0922. The SMILES string of the molecule is CCS(=O)(=O)C1CSCCN1c1nc(N)nc(N(C)C)n1. The summed E-state index contributed by atoms with van der Waals surface area (Å²) in [6, 6.07) is 0. The summed E-state index contributed by atoms with van der Waals surface area (Å²) in [5, 5.41) is -0.613. The van der Waals surface area contributed by atoms with Crippen LogP contribution in [0.15, 0.2) is 0 Å². The molecule has 10 heteroatoms. The van der Waals surface area contributed by atoms with Crippen LogP contribution in [0.1, 0.15) is 6.92 Å². The molecule has 1 saturated heterocycles. The van der Waals surface area contributed by atoms with E-state index in [1.807, 2.05) is 0 Å². The molecule has 0 saturated carbocycles. The number of anilines is 3. The predicted octanol–water partition coefficient (Wildman–Crippen LogP) is -0.166. The highest BCUT2D eigenvalue weighted by atomic mass is 32.2. The molecule has 1 aliphatic heterocycles. The molecule has 118 valence electrons. The van der Waals surface area contributed by atoms with E-state index in [0.29, 0.717) is 24.2 Å². The number of nitrogens with two attached hydrogens (primary N) is 1. The molecule has 2 heterocycles. The number of hydrogen-bond donors (Lipinski definition) is 1. The first-order chi connectivity index (χ1) is 9.85. The Labute approximate surface area is 129 Å². The minimum Gasteiger partial charge on any atom is -0.368 e. The van der Waals surface area contributed by atoms with Gasteiger partial charge in [-0.1, -0.05) is 6.92 Å². The Hall–Kier alpha value is -1.29. The van der Waals surface area contributed by atoms with Gasteiger partial charge in [0, 0.05) is 37.9 Å². The van der Waals surface area contributed by atoms with Crippen molar-refractivity contribution >= 4 is 39.4 Å². The second-order valence-corrected chi connectivity index (χ2v) is 8.46. The van der Waals surface area contributed by atoms with E-state index < -0.39 is 15.2 Å². The standard InChI is InChI=1S/C11H20N6O2S2/c1-4-21(18,19)8-7-20-6-5-17(8)11-14-9(12)13-10(15-11)16(2)3/h8H,4-7H2,1-3H3,(H2,12,13,14,15). The summed E-state index contributed by atoms with van der Waals surface area (Å²) in [5.41, 5.74) is 5.72. The van der Waals surface area contributed by atoms with Gasteiger partial charge >= 0.3 is 0 Å². The largest absolute Gasteiger partial charge is 0.368 e. The summed E-state index contributed by atoms with van der Waals surface area (Å²) >= 11 is 1.62. The van der Waals surface area contributed by atoms with Crippen molar-refractivity contribution in [3.8, 4) is 0 Å². The summed E-state index contributed by atoms with van der Waals surface area (Å²) in [4.78, 5) is 15.9.